The van der Waals surface area contributed by atoms with Gasteiger partial charge < -0.3 is 9.84 Å². The number of carbonyl (C=O) groups excluding carboxylic acids is 1. The van der Waals surface area contributed by atoms with Crippen LogP contribution in [0, 0.1) is 0 Å². The number of ether oxygens (including phenoxy) is 1. The monoisotopic (exact) mass is 206 g/mol. The van der Waals surface area contributed by atoms with E-state index in [1.54, 1.807) is 7.85 Å². The average Bonchev–Trinajstić information content (AvgIpc) is 2.25. The number of aliphatic hydroxyl groups excluding tert-OH is 1. The van der Waals surface area contributed by atoms with Crippen molar-refractivity contribution >= 4 is 13.8 Å². The van der Waals surface area contributed by atoms with Crippen molar-refractivity contribution in [2.75, 3.05) is 0 Å². The smallest absolute Gasteiger partial charge is 0.306 e. The summed E-state index contributed by atoms with van der Waals surface area (Å²) in [4.78, 5) is 11.2. The summed E-state index contributed by atoms with van der Waals surface area (Å²) in [6, 6.07) is 9.08. The molecule has 1 atom stereocenters. The highest BCUT2D eigenvalue weighted by atomic mass is 16.5. The van der Waals surface area contributed by atoms with Gasteiger partial charge in [0.25, 0.3) is 0 Å². The molecule has 3 nitrogen and oxygen atoms in total. The number of aliphatic hydroxyl groups is 1. The normalized spacial score (nSPS) is 12.1. The molecule has 4 heteroatoms. The van der Waals surface area contributed by atoms with Crippen molar-refractivity contribution in [1.82, 2.24) is 0 Å². The van der Waals surface area contributed by atoms with Crippen LogP contribution in [-0.2, 0) is 16.1 Å². The summed E-state index contributed by atoms with van der Waals surface area (Å²) in [5, 5.41) is 8.98. The van der Waals surface area contributed by atoms with Gasteiger partial charge >= 0.3 is 5.97 Å². The molecule has 1 aromatic carbocycles. The fourth-order valence-corrected chi connectivity index (χ4v) is 1.14. The summed E-state index contributed by atoms with van der Waals surface area (Å²) in [6.07, 6.45) is 0.720. The SMILES string of the molecule is BC(O)CCC(=O)OCc1ccccc1. The van der Waals surface area contributed by atoms with E-state index in [9.17, 15) is 4.79 Å². The molecule has 0 aliphatic carbocycles. The molecule has 0 fully saturated rings. The molecule has 1 aromatic rings. The fraction of sp³-hybridized carbons (Fsp3) is 0.364. The van der Waals surface area contributed by atoms with Crippen LogP contribution in [0.1, 0.15) is 18.4 Å². The van der Waals surface area contributed by atoms with E-state index in [-0.39, 0.29) is 12.4 Å². The molecule has 0 heterocycles. The molecule has 1 unspecified atom stereocenters. The highest BCUT2D eigenvalue weighted by molar-refractivity contribution is 6.10. The molecule has 0 saturated carbocycles. The largest absolute Gasteiger partial charge is 0.461 e. The van der Waals surface area contributed by atoms with E-state index in [0.29, 0.717) is 13.0 Å². The molecule has 0 aliphatic heterocycles. The number of hydrogen-bond acceptors (Lipinski definition) is 3. The minimum Gasteiger partial charge on any atom is -0.461 e. The third-order valence-corrected chi connectivity index (χ3v) is 2.01. The predicted molar refractivity (Wildman–Crippen MR) is 60.0 cm³/mol. The van der Waals surface area contributed by atoms with E-state index in [0.717, 1.165) is 5.56 Å². The molecule has 80 valence electrons. The van der Waals surface area contributed by atoms with Gasteiger partial charge in [0.15, 0.2) is 0 Å². The van der Waals surface area contributed by atoms with Crippen LogP contribution in [0.2, 0.25) is 0 Å². The second-order valence-corrected chi connectivity index (χ2v) is 3.53. The van der Waals surface area contributed by atoms with E-state index < -0.39 is 6.00 Å². The van der Waals surface area contributed by atoms with Crippen molar-refractivity contribution in [3.05, 3.63) is 35.9 Å². The lowest BCUT2D eigenvalue weighted by molar-refractivity contribution is -0.145. The fourth-order valence-electron chi connectivity index (χ4n) is 1.14. The summed E-state index contributed by atoms with van der Waals surface area (Å²) in [6.45, 7) is 0.305. The van der Waals surface area contributed by atoms with E-state index in [1.165, 1.54) is 0 Å². The minimum absolute atomic E-state index is 0.264. The minimum atomic E-state index is -0.450. The van der Waals surface area contributed by atoms with Crippen LogP contribution in [0.25, 0.3) is 0 Å². The maximum absolute atomic E-state index is 11.2. The van der Waals surface area contributed by atoms with Crippen molar-refractivity contribution < 1.29 is 14.6 Å². The van der Waals surface area contributed by atoms with E-state index in [2.05, 4.69) is 0 Å². The maximum Gasteiger partial charge on any atom is 0.306 e. The van der Waals surface area contributed by atoms with Gasteiger partial charge in [-0.15, -0.1) is 0 Å². The van der Waals surface area contributed by atoms with Crippen LogP contribution in [-0.4, -0.2) is 24.9 Å². The Hall–Kier alpha value is -1.29. The van der Waals surface area contributed by atoms with Gasteiger partial charge in [-0.1, -0.05) is 30.3 Å². The molecule has 1 N–H and O–H groups in total. The Bertz CT molecular complexity index is 298. The number of benzene rings is 1. The molecule has 0 aromatic heterocycles. The lowest BCUT2D eigenvalue weighted by Gasteiger charge is -2.05. The van der Waals surface area contributed by atoms with Gasteiger partial charge in [-0.25, -0.2) is 0 Å². The lowest BCUT2D eigenvalue weighted by atomic mass is 9.96. The highest BCUT2D eigenvalue weighted by Crippen LogP contribution is 2.03. The van der Waals surface area contributed by atoms with Crippen molar-refractivity contribution in [2.45, 2.75) is 25.5 Å². The van der Waals surface area contributed by atoms with Crippen molar-refractivity contribution in [3.63, 3.8) is 0 Å². The molecule has 1 rings (SSSR count). The zero-order valence-electron chi connectivity index (χ0n) is 8.85. The topological polar surface area (TPSA) is 46.5 Å². The predicted octanol–water partition coefficient (Wildman–Crippen LogP) is 0.462. The van der Waals surface area contributed by atoms with Gasteiger partial charge in [0.1, 0.15) is 14.5 Å². The number of hydrogen-bond donors (Lipinski definition) is 1. The zero-order valence-corrected chi connectivity index (χ0v) is 8.85. The second kappa shape index (κ2) is 6.25. The third kappa shape index (κ3) is 5.22. The van der Waals surface area contributed by atoms with Crippen molar-refractivity contribution in [2.24, 2.45) is 0 Å². The number of carbonyl (C=O) groups is 1. The quantitative estimate of drug-likeness (QED) is 0.562. The molecular formula is C11H15BO3. The van der Waals surface area contributed by atoms with Gasteiger partial charge in [-0.3, -0.25) is 4.79 Å². The first-order valence-corrected chi connectivity index (χ1v) is 5.06. The molecule has 0 saturated heterocycles. The standard InChI is InChI=1S/C11H15BO3/c12-10(13)6-7-11(14)15-8-9-4-2-1-3-5-9/h1-5,10,13H,6-8,12H2. The molecular weight excluding hydrogens is 191 g/mol. The number of esters is 1. The first kappa shape index (κ1) is 11.8. The summed E-state index contributed by atoms with van der Waals surface area (Å²) in [5.74, 6) is -0.264. The molecule has 0 bridgehead atoms. The van der Waals surface area contributed by atoms with Crippen LogP contribution in [0.4, 0.5) is 0 Å². The Morgan fingerprint density at radius 3 is 2.67 bits per heavy atom. The number of rotatable bonds is 5. The van der Waals surface area contributed by atoms with E-state index >= 15 is 0 Å². The van der Waals surface area contributed by atoms with Crippen LogP contribution in [0.15, 0.2) is 30.3 Å². The second-order valence-electron chi connectivity index (χ2n) is 3.53. The van der Waals surface area contributed by atoms with Crippen molar-refractivity contribution in [3.8, 4) is 0 Å². The van der Waals surface area contributed by atoms with Gasteiger partial charge in [-0.2, -0.15) is 0 Å². The van der Waals surface area contributed by atoms with Crippen LogP contribution < -0.4 is 0 Å². The average molecular weight is 206 g/mol. The molecule has 0 aliphatic rings. The lowest BCUT2D eigenvalue weighted by Crippen LogP contribution is -2.11. The van der Waals surface area contributed by atoms with Gasteiger partial charge in [0, 0.05) is 12.4 Å². The van der Waals surface area contributed by atoms with E-state index in [4.69, 9.17) is 9.84 Å². The Morgan fingerprint density at radius 2 is 2.07 bits per heavy atom. The summed E-state index contributed by atoms with van der Waals surface area (Å²) in [5.41, 5.74) is 0.975. The zero-order chi connectivity index (χ0) is 11.1. The van der Waals surface area contributed by atoms with Gasteiger partial charge in [-0.05, 0) is 12.0 Å². The first-order chi connectivity index (χ1) is 7.18. The summed E-state index contributed by atoms with van der Waals surface area (Å²) in [7, 11) is 1.66. The third-order valence-electron chi connectivity index (χ3n) is 2.01. The maximum atomic E-state index is 11.2. The van der Waals surface area contributed by atoms with Gasteiger partial charge in [0.2, 0.25) is 0 Å². The summed E-state index contributed by atoms with van der Waals surface area (Å²) < 4.78 is 5.03. The Kier molecular flexibility index (Phi) is 4.91. The molecule has 0 spiro atoms. The van der Waals surface area contributed by atoms with Crippen LogP contribution in [0.5, 0.6) is 0 Å². The molecule has 0 amide bonds. The van der Waals surface area contributed by atoms with E-state index in [1.807, 2.05) is 30.3 Å². The van der Waals surface area contributed by atoms with Gasteiger partial charge in [0.05, 0.1) is 0 Å². The first-order valence-electron chi connectivity index (χ1n) is 5.06. The van der Waals surface area contributed by atoms with Crippen molar-refractivity contribution in [1.29, 1.82) is 0 Å². The molecule has 0 radical (unpaired) electrons. The highest BCUT2D eigenvalue weighted by Gasteiger charge is 2.05. The Labute approximate surface area is 90.5 Å². The summed E-state index contributed by atoms with van der Waals surface area (Å²) >= 11 is 0. The Morgan fingerprint density at radius 1 is 1.40 bits per heavy atom. The Balaban J connectivity index is 2.23. The van der Waals surface area contributed by atoms with Crippen LogP contribution in [0.3, 0.4) is 0 Å². The molecule has 15 heavy (non-hydrogen) atoms. The van der Waals surface area contributed by atoms with Crippen LogP contribution >= 0.6 is 0 Å².